The van der Waals surface area contributed by atoms with Crippen molar-refractivity contribution in [1.29, 1.82) is 0 Å². The van der Waals surface area contributed by atoms with Crippen LogP contribution >= 0.6 is 23.5 Å². The molecule has 3 rings (SSSR count). The zero-order valence-electron chi connectivity index (χ0n) is 11.3. The zero-order chi connectivity index (χ0) is 12.4. The Balaban J connectivity index is 1.66. The molecule has 0 aliphatic carbocycles. The van der Waals surface area contributed by atoms with Gasteiger partial charge in [0.1, 0.15) is 0 Å². The van der Waals surface area contributed by atoms with Crippen LogP contribution in [0.25, 0.3) is 0 Å². The molecule has 0 aromatic heterocycles. The van der Waals surface area contributed by atoms with Crippen LogP contribution in [0.5, 0.6) is 0 Å². The molecule has 3 saturated heterocycles. The number of rotatable bonds is 3. The first-order valence-corrected chi connectivity index (χ1v) is 9.54. The van der Waals surface area contributed by atoms with E-state index in [0.717, 1.165) is 17.8 Å². The van der Waals surface area contributed by atoms with Crippen LogP contribution in [0.15, 0.2) is 0 Å². The summed E-state index contributed by atoms with van der Waals surface area (Å²) in [7, 11) is 2.16. The van der Waals surface area contributed by atoms with E-state index in [1.165, 1.54) is 49.4 Å². The molecule has 0 amide bonds. The third-order valence-corrected chi connectivity index (χ3v) is 7.51. The summed E-state index contributed by atoms with van der Waals surface area (Å²) in [5.41, 5.74) is 0.242. The van der Waals surface area contributed by atoms with Gasteiger partial charge in [-0.3, -0.25) is 0 Å². The topological polar surface area (TPSA) is 21.3 Å². The lowest BCUT2D eigenvalue weighted by Gasteiger charge is -2.42. The number of nitrogens with one attached hydrogen (secondary N) is 1. The summed E-state index contributed by atoms with van der Waals surface area (Å²) in [6.45, 7) is 0.987. The van der Waals surface area contributed by atoms with Crippen LogP contribution in [0, 0.1) is 5.92 Å². The molecule has 4 heteroatoms. The third-order valence-electron chi connectivity index (χ3n) is 4.80. The second-order valence-corrected chi connectivity index (χ2v) is 8.41. The van der Waals surface area contributed by atoms with Gasteiger partial charge < -0.3 is 10.1 Å². The van der Waals surface area contributed by atoms with E-state index in [4.69, 9.17) is 4.74 Å². The van der Waals surface area contributed by atoms with Crippen molar-refractivity contribution >= 4 is 23.5 Å². The second-order valence-electron chi connectivity index (χ2n) is 5.95. The summed E-state index contributed by atoms with van der Waals surface area (Å²) in [5.74, 6) is 4.73. The largest absolute Gasteiger partial charge is 0.374 e. The fourth-order valence-corrected chi connectivity index (χ4v) is 6.76. The van der Waals surface area contributed by atoms with Crippen molar-refractivity contribution in [1.82, 2.24) is 5.32 Å². The van der Waals surface area contributed by atoms with Gasteiger partial charge in [-0.25, -0.2) is 0 Å². The lowest BCUT2D eigenvalue weighted by atomic mass is 9.79. The van der Waals surface area contributed by atoms with Crippen LogP contribution in [0.3, 0.4) is 0 Å². The maximum Gasteiger partial charge on any atom is 0.0783 e. The number of thioether (sulfide) groups is 2. The van der Waals surface area contributed by atoms with Gasteiger partial charge in [0.25, 0.3) is 0 Å². The molecule has 18 heavy (non-hydrogen) atoms. The molecule has 4 atom stereocenters. The molecule has 104 valence electrons. The fraction of sp³-hybridized carbons (Fsp3) is 1.00. The van der Waals surface area contributed by atoms with Gasteiger partial charge in [0.2, 0.25) is 0 Å². The van der Waals surface area contributed by atoms with Gasteiger partial charge in [-0.2, -0.15) is 23.5 Å². The smallest absolute Gasteiger partial charge is 0.0783 e. The number of hydrogen-bond donors (Lipinski definition) is 1. The Kier molecular flexibility index (Phi) is 4.49. The normalized spacial score (nSPS) is 42.5. The van der Waals surface area contributed by atoms with Crippen LogP contribution in [0.4, 0.5) is 0 Å². The second kappa shape index (κ2) is 5.94. The van der Waals surface area contributed by atoms with E-state index >= 15 is 0 Å². The molecule has 3 heterocycles. The van der Waals surface area contributed by atoms with Gasteiger partial charge in [-0.15, -0.1) is 0 Å². The highest BCUT2D eigenvalue weighted by atomic mass is 32.2. The van der Waals surface area contributed by atoms with Gasteiger partial charge >= 0.3 is 0 Å². The molecule has 2 nitrogen and oxygen atoms in total. The van der Waals surface area contributed by atoms with Gasteiger partial charge in [0.05, 0.1) is 5.60 Å². The Morgan fingerprint density at radius 2 is 2.28 bits per heavy atom. The maximum atomic E-state index is 6.16. The molecule has 1 spiro atoms. The van der Waals surface area contributed by atoms with Crippen LogP contribution < -0.4 is 5.32 Å². The lowest BCUT2D eigenvalue weighted by molar-refractivity contribution is -0.0848. The Morgan fingerprint density at radius 3 is 2.94 bits per heavy atom. The number of hydrogen-bond acceptors (Lipinski definition) is 4. The summed E-state index contributed by atoms with van der Waals surface area (Å²) in [6, 6.07) is 0.712. The van der Waals surface area contributed by atoms with Gasteiger partial charge in [0, 0.05) is 23.7 Å². The van der Waals surface area contributed by atoms with Crippen molar-refractivity contribution in [2.24, 2.45) is 5.92 Å². The van der Waals surface area contributed by atoms with Crippen molar-refractivity contribution < 1.29 is 4.74 Å². The predicted molar refractivity (Wildman–Crippen MR) is 81.7 cm³/mol. The minimum absolute atomic E-state index is 0.242. The maximum absolute atomic E-state index is 6.16. The number of ether oxygens (including phenoxy) is 1. The summed E-state index contributed by atoms with van der Waals surface area (Å²) >= 11 is 4.27. The molecule has 3 fully saturated rings. The lowest BCUT2D eigenvalue weighted by Crippen LogP contribution is -2.49. The summed E-state index contributed by atoms with van der Waals surface area (Å²) < 4.78 is 6.16. The molecule has 0 aromatic rings. The van der Waals surface area contributed by atoms with Crippen molar-refractivity contribution in [3.63, 3.8) is 0 Å². The summed E-state index contributed by atoms with van der Waals surface area (Å²) in [4.78, 5) is 0. The van der Waals surface area contributed by atoms with Crippen molar-refractivity contribution in [3.05, 3.63) is 0 Å². The van der Waals surface area contributed by atoms with Gasteiger partial charge in [-0.1, -0.05) is 0 Å². The third kappa shape index (κ3) is 2.72. The van der Waals surface area contributed by atoms with E-state index < -0.39 is 0 Å². The Bertz CT molecular complexity index is 275. The average molecular weight is 287 g/mol. The Labute approximate surface area is 119 Å². The molecular formula is C14H25NOS2. The monoisotopic (exact) mass is 287 g/mol. The quantitative estimate of drug-likeness (QED) is 0.861. The molecule has 0 saturated carbocycles. The van der Waals surface area contributed by atoms with E-state index in [1.54, 1.807) is 0 Å². The molecule has 4 unspecified atom stereocenters. The molecule has 0 radical (unpaired) electrons. The molecule has 3 aliphatic rings. The highest BCUT2D eigenvalue weighted by molar-refractivity contribution is 8.00. The van der Waals surface area contributed by atoms with Crippen LogP contribution in [-0.2, 0) is 4.74 Å². The molecular weight excluding hydrogens is 262 g/mol. The molecule has 1 N–H and O–H groups in total. The minimum atomic E-state index is 0.242. The van der Waals surface area contributed by atoms with E-state index in [1.807, 2.05) is 0 Å². The standard InChI is InChI=1S/C14H25NOS2/c1-15-13(12-3-2-7-18-12)11-4-6-16-14(9-11)5-8-17-10-14/h11-13,15H,2-10H2,1H3. The SMILES string of the molecule is CNC(C1CCOC2(CCSC2)C1)C1CCCS1. The van der Waals surface area contributed by atoms with E-state index in [-0.39, 0.29) is 5.60 Å². The van der Waals surface area contributed by atoms with E-state index in [2.05, 4.69) is 35.9 Å². The molecule has 3 aliphatic heterocycles. The van der Waals surface area contributed by atoms with Crippen molar-refractivity contribution in [2.45, 2.75) is 49.0 Å². The Hall–Kier alpha value is 0.620. The minimum Gasteiger partial charge on any atom is -0.374 e. The van der Waals surface area contributed by atoms with Gasteiger partial charge in [0.15, 0.2) is 0 Å². The van der Waals surface area contributed by atoms with E-state index in [0.29, 0.717) is 6.04 Å². The highest BCUT2D eigenvalue weighted by Gasteiger charge is 2.43. The molecule has 0 bridgehead atoms. The predicted octanol–water partition coefficient (Wildman–Crippen LogP) is 2.77. The van der Waals surface area contributed by atoms with Crippen LogP contribution in [0.2, 0.25) is 0 Å². The Morgan fingerprint density at radius 1 is 1.33 bits per heavy atom. The molecule has 0 aromatic carbocycles. The highest BCUT2D eigenvalue weighted by Crippen LogP contribution is 2.43. The van der Waals surface area contributed by atoms with Gasteiger partial charge in [-0.05, 0) is 56.6 Å². The zero-order valence-corrected chi connectivity index (χ0v) is 13.0. The van der Waals surface area contributed by atoms with Crippen molar-refractivity contribution in [3.8, 4) is 0 Å². The summed E-state index contributed by atoms with van der Waals surface area (Å²) in [5, 5.41) is 4.49. The average Bonchev–Trinajstić information content (AvgIpc) is 3.03. The first kappa shape index (κ1) is 13.6. The van der Waals surface area contributed by atoms with Crippen molar-refractivity contribution in [2.75, 3.05) is 30.9 Å². The summed E-state index contributed by atoms with van der Waals surface area (Å²) in [6.07, 6.45) is 6.66. The van der Waals surface area contributed by atoms with Crippen LogP contribution in [0.1, 0.15) is 32.1 Å². The first-order valence-electron chi connectivity index (χ1n) is 7.34. The fourth-order valence-electron chi connectivity index (χ4n) is 3.85. The van der Waals surface area contributed by atoms with Crippen LogP contribution in [-0.4, -0.2) is 47.8 Å². The van der Waals surface area contributed by atoms with E-state index in [9.17, 15) is 0 Å². The first-order chi connectivity index (χ1) is 8.83.